The average molecular weight is 339 g/mol. The Morgan fingerprint density at radius 1 is 1.28 bits per heavy atom. The Morgan fingerprint density at radius 3 is 2.64 bits per heavy atom. The van der Waals surface area contributed by atoms with Crippen molar-refractivity contribution in [1.82, 2.24) is 25.0 Å². The van der Waals surface area contributed by atoms with Gasteiger partial charge < -0.3 is 10.2 Å². The molecule has 0 bridgehead atoms. The predicted octanol–water partition coefficient (Wildman–Crippen LogP) is 1.09. The topological polar surface area (TPSA) is 80.1 Å². The Hall–Kier alpha value is -2.70. The normalized spacial score (nSPS) is 22.2. The van der Waals surface area contributed by atoms with Gasteiger partial charge in [0.2, 0.25) is 5.91 Å². The highest BCUT2D eigenvalue weighted by Crippen LogP contribution is 2.43. The minimum atomic E-state index is -0.269. The molecule has 25 heavy (non-hydrogen) atoms. The molecule has 2 amide bonds. The van der Waals surface area contributed by atoms with E-state index >= 15 is 0 Å². The van der Waals surface area contributed by atoms with Gasteiger partial charge in [-0.3, -0.25) is 19.3 Å². The van der Waals surface area contributed by atoms with Gasteiger partial charge in [0.1, 0.15) is 0 Å². The lowest BCUT2D eigenvalue weighted by atomic mass is 9.75. The van der Waals surface area contributed by atoms with Crippen LogP contribution < -0.4 is 5.32 Å². The van der Waals surface area contributed by atoms with Crippen molar-refractivity contribution in [2.45, 2.75) is 30.7 Å². The van der Waals surface area contributed by atoms with Gasteiger partial charge in [-0.1, -0.05) is 0 Å². The number of carbonyl (C=O) groups excluding carboxylic acids is 2. The number of likely N-dealkylation sites (tertiary alicyclic amines) is 1. The SMILES string of the molecule is Cn1cc([C@H]2CC(=O)NC23CCN(C(=O)c2ccncc2)CC3)cn1. The molecule has 0 aliphatic carbocycles. The van der Waals surface area contributed by atoms with Crippen molar-refractivity contribution in [2.24, 2.45) is 7.05 Å². The molecular formula is C18H21N5O2. The van der Waals surface area contributed by atoms with Crippen molar-refractivity contribution in [2.75, 3.05) is 13.1 Å². The van der Waals surface area contributed by atoms with Crippen LogP contribution in [0.5, 0.6) is 0 Å². The first kappa shape index (κ1) is 15.8. The van der Waals surface area contributed by atoms with E-state index in [1.165, 1.54) is 0 Å². The molecule has 2 aliphatic heterocycles. The number of nitrogens with zero attached hydrogens (tertiary/aromatic N) is 4. The van der Waals surface area contributed by atoms with Crippen molar-refractivity contribution >= 4 is 11.8 Å². The Morgan fingerprint density at radius 2 is 2.00 bits per heavy atom. The van der Waals surface area contributed by atoms with Crippen molar-refractivity contribution in [3.63, 3.8) is 0 Å². The monoisotopic (exact) mass is 339 g/mol. The summed E-state index contributed by atoms with van der Waals surface area (Å²) in [7, 11) is 1.89. The fourth-order valence-electron chi connectivity index (χ4n) is 4.11. The number of piperidine rings is 1. The maximum absolute atomic E-state index is 12.6. The highest BCUT2D eigenvalue weighted by molar-refractivity contribution is 5.94. The number of nitrogens with one attached hydrogen (secondary N) is 1. The van der Waals surface area contributed by atoms with Crippen LogP contribution in [0.4, 0.5) is 0 Å². The number of rotatable bonds is 2. The maximum atomic E-state index is 12.6. The van der Waals surface area contributed by atoms with E-state index in [-0.39, 0.29) is 23.3 Å². The van der Waals surface area contributed by atoms with E-state index < -0.39 is 0 Å². The molecule has 2 aromatic heterocycles. The van der Waals surface area contributed by atoms with Crippen molar-refractivity contribution < 1.29 is 9.59 Å². The highest BCUT2D eigenvalue weighted by atomic mass is 16.2. The number of hydrogen-bond donors (Lipinski definition) is 1. The van der Waals surface area contributed by atoms with Crippen LogP contribution in [-0.4, -0.2) is 50.1 Å². The molecule has 2 aromatic rings. The molecule has 4 heterocycles. The van der Waals surface area contributed by atoms with Crippen LogP contribution in [0.1, 0.15) is 41.1 Å². The molecule has 7 heteroatoms. The third-order valence-electron chi connectivity index (χ3n) is 5.44. The van der Waals surface area contributed by atoms with Gasteiger partial charge >= 0.3 is 0 Å². The van der Waals surface area contributed by atoms with Gasteiger partial charge in [0, 0.05) is 56.6 Å². The van der Waals surface area contributed by atoms with Crippen molar-refractivity contribution in [3.8, 4) is 0 Å². The largest absolute Gasteiger partial charge is 0.350 e. The van der Waals surface area contributed by atoms with Crippen LogP contribution in [0.2, 0.25) is 0 Å². The van der Waals surface area contributed by atoms with Gasteiger partial charge in [0.15, 0.2) is 0 Å². The molecule has 130 valence electrons. The summed E-state index contributed by atoms with van der Waals surface area (Å²) in [6.07, 6.45) is 9.11. The van der Waals surface area contributed by atoms with Gasteiger partial charge in [-0.25, -0.2) is 0 Å². The lowest BCUT2D eigenvalue weighted by Crippen LogP contribution is -2.54. The highest BCUT2D eigenvalue weighted by Gasteiger charge is 2.49. The summed E-state index contributed by atoms with van der Waals surface area (Å²) in [4.78, 5) is 30.6. The van der Waals surface area contributed by atoms with Gasteiger partial charge in [-0.05, 0) is 30.5 Å². The molecule has 1 atom stereocenters. The fraction of sp³-hybridized carbons (Fsp3) is 0.444. The van der Waals surface area contributed by atoms with E-state index in [2.05, 4.69) is 15.4 Å². The second-order valence-corrected chi connectivity index (χ2v) is 6.94. The summed E-state index contributed by atoms with van der Waals surface area (Å²) < 4.78 is 1.77. The zero-order valence-electron chi connectivity index (χ0n) is 14.2. The van der Waals surface area contributed by atoms with Crippen LogP contribution >= 0.6 is 0 Å². The van der Waals surface area contributed by atoms with Crippen LogP contribution in [0.25, 0.3) is 0 Å². The van der Waals surface area contributed by atoms with E-state index in [9.17, 15) is 9.59 Å². The first-order valence-corrected chi connectivity index (χ1v) is 8.56. The molecule has 2 aliphatic rings. The number of aromatic nitrogens is 3. The summed E-state index contributed by atoms with van der Waals surface area (Å²) in [5.74, 6) is 0.231. The molecule has 2 fully saturated rings. The van der Waals surface area contributed by atoms with Crippen LogP contribution in [0, 0.1) is 0 Å². The van der Waals surface area contributed by atoms with Gasteiger partial charge in [-0.15, -0.1) is 0 Å². The first-order chi connectivity index (χ1) is 12.1. The molecule has 0 unspecified atom stereocenters. The molecule has 0 saturated carbocycles. The Kier molecular flexibility index (Phi) is 3.78. The number of aryl methyl sites for hydroxylation is 1. The molecule has 1 spiro atoms. The molecular weight excluding hydrogens is 318 g/mol. The minimum absolute atomic E-state index is 0.0273. The van der Waals surface area contributed by atoms with E-state index in [0.29, 0.717) is 25.1 Å². The van der Waals surface area contributed by atoms with Gasteiger partial charge in [0.05, 0.1) is 11.7 Å². The summed E-state index contributed by atoms with van der Waals surface area (Å²) >= 11 is 0. The van der Waals surface area contributed by atoms with Gasteiger partial charge in [-0.2, -0.15) is 5.10 Å². The molecule has 1 N–H and O–H groups in total. The Bertz CT molecular complexity index is 793. The van der Waals surface area contributed by atoms with Crippen molar-refractivity contribution in [3.05, 3.63) is 48.0 Å². The molecule has 2 saturated heterocycles. The summed E-state index contributed by atoms with van der Waals surface area (Å²) in [6.45, 7) is 1.27. The van der Waals surface area contributed by atoms with E-state index in [1.807, 2.05) is 24.3 Å². The smallest absolute Gasteiger partial charge is 0.253 e. The number of carbonyl (C=O) groups is 2. The maximum Gasteiger partial charge on any atom is 0.253 e. The van der Waals surface area contributed by atoms with Crippen LogP contribution in [-0.2, 0) is 11.8 Å². The Balaban J connectivity index is 1.51. The van der Waals surface area contributed by atoms with E-state index in [4.69, 9.17) is 0 Å². The first-order valence-electron chi connectivity index (χ1n) is 8.56. The summed E-state index contributed by atoms with van der Waals surface area (Å²) in [6, 6.07) is 3.48. The van der Waals surface area contributed by atoms with Gasteiger partial charge in [0.25, 0.3) is 5.91 Å². The predicted molar refractivity (Wildman–Crippen MR) is 90.8 cm³/mol. The number of amides is 2. The standard InChI is InChI=1S/C18H21N5O2/c1-22-12-14(11-20-22)15-10-16(24)21-18(15)4-8-23(9-5-18)17(25)13-2-6-19-7-3-13/h2-3,6-7,11-12,15H,4-5,8-10H2,1H3,(H,21,24)/t15-/m1/s1. The lowest BCUT2D eigenvalue weighted by molar-refractivity contribution is -0.120. The molecule has 0 aromatic carbocycles. The lowest BCUT2D eigenvalue weighted by Gasteiger charge is -2.42. The third kappa shape index (κ3) is 2.79. The summed E-state index contributed by atoms with van der Waals surface area (Å²) in [5.41, 5.74) is 1.48. The summed E-state index contributed by atoms with van der Waals surface area (Å²) in [5, 5.41) is 7.46. The van der Waals surface area contributed by atoms with Crippen LogP contribution in [0.15, 0.2) is 36.9 Å². The number of pyridine rings is 1. The zero-order chi connectivity index (χ0) is 17.4. The molecule has 0 radical (unpaired) electrons. The second-order valence-electron chi connectivity index (χ2n) is 6.94. The quantitative estimate of drug-likeness (QED) is 0.888. The Labute approximate surface area is 146 Å². The third-order valence-corrected chi connectivity index (χ3v) is 5.44. The van der Waals surface area contributed by atoms with Crippen molar-refractivity contribution in [1.29, 1.82) is 0 Å². The fourth-order valence-corrected chi connectivity index (χ4v) is 4.11. The second kappa shape index (κ2) is 5.98. The number of hydrogen-bond acceptors (Lipinski definition) is 4. The van der Waals surface area contributed by atoms with E-state index in [1.54, 1.807) is 29.2 Å². The molecule has 7 nitrogen and oxygen atoms in total. The van der Waals surface area contributed by atoms with E-state index in [0.717, 1.165) is 18.4 Å². The zero-order valence-corrected chi connectivity index (χ0v) is 14.2. The molecule has 4 rings (SSSR count). The van der Waals surface area contributed by atoms with Crippen LogP contribution in [0.3, 0.4) is 0 Å². The average Bonchev–Trinajstić information content (AvgIpc) is 3.19. The minimum Gasteiger partial charge on any atom is -0.350 e.